The van der Waals surface area contributed by atoms with Crippen LogP contribution in [0.4, 0.5) is 0 Å². The molecule has 1 atom stereocenters. The molecular formula is C20H29N3O3. The minimum atomic E-state index is -0.786. The number of nitrogens with zero attached hydrogens (tertiary/aromatic N) is 2. The quantitative estimate of drug-likeness (QED) is 0.417. The first-order valence-corrected chi connectivity index (χ1v) is 9.08. The lowest BCUT2D eigenvalue weighted by Crippen LogP contribution is -2.35. The van der Waals surface area contributed by atoms with Gasteiger partial charge in [-0.15, -0.1) is 0 Å². The number of amides is 1. The Balaban J connectivity index is 2.78. The number of carbonyl (C=O) groups is 2. The molecule has 0 saturated carbocycles. The van der Waals surface area contributed by atoms with E-state index < -0.39 is 5.97 Å². The van der Waals surface area contributed by atoms with E-state index in [0.717, 1.165) is 42.8 Å². The summed E-state index contributed by atoms with van der Waals surface area (Å²) in [4.78, 5) is 23.9. The van der Waals surface area contributed by atoms with E-state index in [1.165, 1.54) is 6.08 Å². The van der Waals surface area contributed by atoms with E-state index in [1.807, 2.05) is 39.8 Å². The lowest BCUT2D eigenvalue weighted by Gasteiger charge is -2.12. The van der Waals surface area contributed by atoms with Crippen molar-refractivity contribution in [2.24, 2.45) is 0 Å². The van der Waals surface area contributed by atoms with E-state index in [0.29, 0.717) is 0 Å². The smallest absolute Gasteiger partial charge is 0.349 e. The average Bonchev–Trinajstić information content (AvgIpc) is 2.85. The molecule has 0 radical (unpaired) electrons. The Morgan fingerprint density at radius 3 is 2.62 bits per heavy atom. The minimum Gasteiger partial charge on any atom is -0.451 e. The molecule has 0 bridgehead atoms. The van der Waals surface area contributed by atoms with Crippen LogP contribution in [0, 0.1) is 25.2 Å². The van der Waals surface area contributed by atoms with Gasteiger partial charge >= 0.3 is 5.97 Å². The van der Waals surface area contributed by atoms with Crippen molar-refractivity contribution in [1.29, 1.82) is 5.26 Å². The molecule has 1 aromatic heterocycles. The number of esters is 1. The summed E-state index contributed by atoms with van der Waals surface area (Å²) in [5.41, 5.74) is 2.77. The molecule has 0 aliphatic carbocycles. The summed E-state index contributed by atoms with van der Waals surface area (Å²) in [5.74, 6) is -1.15. The molecule has 0 unspecified atom stereocenters. The SMILES string of the molecule is CCC[C@@H](C)NC(=O)COC(=O)/C(C#N)=C/c1cc(C)n(CCC)c1C. The zero-order chi connectivity index (χ0) is 19.7. The van der Waals surface area contributed by atoms with Crippen LogP contribution in [0.2, 0.25) is 0 Å². The molecule has 0 saturated heterocycles. The number of hydrogen-bond donors (Lipinski definition) is 1. The van der Waals surface area contributed by atoms with Crippen LogP contribution < -0.4 is 5.32 Å². The Kier molecular flexibility index (Phi) is 8.63. The standard InChI is InChI=1S/C20H29N3O3/c1-6-8-14(3)22-19(24)13-26-20(25)18(12-21)11-17-10-15(4)23(9-7-2)16(17)5/h10-11,14H,6-9,13H2,1-5H3,(H,22,24)/b18-11+/t14-/m1/s1. The number of nitriles is 1. The van der Waals surface area contributed by atoms with Gasteiger partial charge in [0.1, 0.15) is 11.6 Å². The predicted molar refractivity (Wildman–Crippen MR) is 101 cm³/mol. The summed E-state index contributed by atoms with van der Waals surface area (Å²) in [6.07, 6.45) is 4.34. The van der Waals surface area contributed by atoms with Gasteiger partial charge < -0.3 is 14.6 Å². The van der Waals surface area contributed by atoms with Gasteiger partial charge in [-0.2, -0.15) is 5.26 Å². The first kappa shape index (κ1) is 21.5. The number of hydrogen-bond acceptors (Lipinski definition) is 4. The number of carbonyl (C=O) groups excluding carboxylic acids is 2. The molecule has 0 aliphatic heterocycles. The van der Waals surface area contributed by atoms with Crippen molar-refractivity contribution >= 4 is 18.0 Å². The van der Waals surface area contributed by atoms with E-state index >= 15 is 0 Å². The summed E-state index contributed by atoms with van der Waals surface area (Å²) in [5, 5.41) is 12.0. The van der Waals surface area contributed by atoms with Crippen LogP contribution in [0.15, 0.2) is 11.6 Å². The van der Waals surface area contributed by atoms with Crippen LogP contribution in [-0.2, 0) is 20.9 Å². The highest BCUT2D eigenvalue weighted by atomic mass is 16.5. The topological polar surface area (TPSA) is 84.1 Å². The normalized spacial score (nSPS) is 12.4. The molecule has 1 aromatic rings. The lowest BCUT2D eigenvalue weighted by atomic mass is 10.1. The van der Waals surface area contributed by atoms with Gasteiger partial charge in [-0.25, -0.2) is 4.79 Å². The third-order valence-electron chi connectivity index (χ3n) is 4.16. The van der Waals surface area contributed by atoms with Gasteiger partial charge in [-0.1, -0.05) is 20.3 Å². The highest BCUT2D eigenvalue weighted by molar-refractivity contribution is 5.99. The van der Waals surface area contributed by atoms with Crippen molar-refractivity contribution in [2.45, 2.75) is 66.5 Å². The second-order valence-electron chi connectivity index (χ2n) is 6.48. The maximum atomic E-state index is 12.1. The van der Waals surface area contributed by atoms with Gasteiger partial charge in [-0.3, -0.25) is 4.79 Å². The molecule has 0 spiro atoms. The van der Waals surface area contributed by atoms with Gasteiger partial charge in [-0.05, 0) is 51.3 Å². The van der Waals surface area contributed by atoms with Gasteiger partial charge in [0.2, 0.25) is 0 Å². The van der Waals surface area contributed by atoms with Crippen molar-refractivity contribution in [1.82, 2.24) is 9.88 Å². The average molecular weight is 359 g/mol. The van der Waals surface area contributed by atoms with Crippen molar-refractivity contribution in [3.8, 4) is 6.07 Å². The largest absolute Gasteiger partial charge is 0.451 e. The fraction of sp³-hybridized carbons (Fsp3) is 0.550. The minimum absolute atomic E-state index is 0.0288. The van der Waals surface area contributed by atoms with E-state index in [9.17, 15) is 14.9 Å². The van der Waals surface area contributed by atoms with Crippen LogP contribution in [0.1, 0.15) is 57.0 Å². The van der Waals surface area contributed by atoms with Crippen LogP contribution in [0.3, 0.4) is 0 Å². The third-order valence-corrected chi connectivity index (χ3v) is 4.16. The van der Waals surface area contributed by atoms with Gasteiger partial charge in [0.15, 0.2) is 6.61 Å². The number of nitrogens with one attached hydrogen (secondary N) is 1. The highest BCUT2D eigenvalue weighted by Crippen LogP contribution is 2.19. The third kappa shape index (κ3) is 6.07. The molecule has 1 N–H and O–H groups in total. The molecule has 1 amide bonds. The maximum Gasteiger partial charge on any atom is 0.349 e. The zero-order valence-corrected chi connectivity index (χ0v) is 16.4. The maximum absolute atomic E-state index is 12.1. The second-order valence-corrected chi connectivity index (χ2v) is 6.48. The van der Waals surface area contributed by atoms with Gasteiger partial charge in [0.05, 0.1) is 0 Å². The molecule has 26 heavy (non-hydrogen) atoms. The fourth-order valence-electron chi connectivity index (χ4n) is 2.86. The summed E-state index contributed by atoms with van der Waals surface area (Å²) in [7, 11) is 0. The molecule has 1 heterocycles. The molecular weight excluding hydrogens is 330 g/mol. The summed E-state index contributed by atoms with van der Waals surface area (Å²) < 4.78 is 7.13. The zero-order valence-electron chi connectivity index (χ0n) is 16.4. The van der Waals surface area contributed by atoms with E-state index in [4.69, 9.17) is 4.74 Å². The number of aromatic nitrogens is 1. The predicted octanol–water partition coefficient (Wildman–Crippen LogP) is 3.27. The number of aryl methyl sites for hydroxylation is 1. The Morgan fingerprint density at radius 1 is 1.35 bits per heavy atom. The van der Waals surface area contributed by atoms with Crippen molar-refractivity contribution in [3.63, 3.8) is 0 Å². The Labute approximate surface area is 155 Å². The van der Waals surface area contributed by atoms with Crippen LogP contribution in [0.25, 0.3) is 6.08 Å². The van der Waals surface area contributed by atoms with Crippen molar-refractivity contribution in [2.75, 3.05) is 6.61 Å². The van der Waals surface area contributed by atoms with E-state index in [2.05, 4.69) is 16.8 Å². The molecule has 142 valence electrons. The van der Waals surface area contributed by atoms with E-state index in [1.54, 1.807) is 0 Å². The molecule has 0 fully saturated rings. The molecule has 6 nitrogen and oxygen atoms in total. The summed E-state index contributed by atoms with van der Waals surface area (Å²) >= 11 is 0. The van der Waals surface area contributed by atoms with Crippen molar-refractivity contribution < 1.29 is 14.3 Å². The van der Waals surface area contributed by atoms with Gasteiger partial charge in [0, 0.05) is 24.0 Å². The highest BCUT2D eigenvalue weighted by Gasteiger charge is 2.16. The Bertz CT molecular complexity index is 711. The summed E-state index contributed by atoms with van der Waals surface area (Å²) in [6.45, 7) is 10.5. The number of rotatable bonds is 9. The first-order chi connectivity index (χ1) is 12.3. The second kappa shape index (κ2) is 10.4. The van der Waals surface area contributed by atoms with Crippen LogP contribution in [0.5, 0.6) is 0 Å². The summed E-state index contributed by atoms with van der Waals surface area (Å²) in [6, 6.07) is 3.84. The monoisotopic (exact) mass is 359 g/mol. The van der Waals surface area contributed by atoms with Gasteiger partial charge in [0.25, 0.3) is 5.91 Å². The first-order valence-electron chi connectivity index (χ1n) is 9.08. The fourth-order valence-corrected chi connectivity index (χ4v) is 2.86. The Hall–Kier alpha value is -2.55. The van der Waals surface area contributed by atoms with Crippen LogP contribution in [-0.4, -0.2) is 29.1 Å². The van der Waals surface area contributed by atoms with Crippen molar-refractivity contribution in [3.05, 3.63) is 28.6 Å². The van der Waals surface area contributed by atoms with Crippen LogP contribution >= 0.6 is 0 Å². The lowest BCUT2D eigenvalue weighted by molar-refractivity contribution is -0.144. The van der Waals surface area contributed by atoms with E-state index in [-0.39, 0.29) is 24.1 Å². The molecule has 0 aromatic carbocycles. The molecule has 6 heteroatoms. The number of ether oxygens (including phenoxy) is 1. The Morgan fingerprint density at radius 2 is 2.04 bits per heavy atom. The molecule has 0 aliphatic rings. The molecule has 1 rings (SSSR count).